The molecule has 0 atom stereocenters. The van der Waals surface area contributed by atoms with Crippen LogP contribution in [0.3, 0.4) is 0 Å². The second-order valence-electron chi connectivity index (χ2n) is 5.85. The Balaban J connectivity index is 2.00. The highest BCUT2D eigenvalue weighted by Gasteiger charge is 2.40. The fourth-order valence-corrected chi connectivity index (χ4v) is 3.79. The molecule has 2 aromatic rings. The average Bonchev–Trinajstić information content (AvgIpc) is 2.95. The highest BCUT2D eigenvalue weighted by molar-refractivity contribution is 8.19. The van der Waals surface area contributed by atoms with Crippen LogP contribution < -0.4 is 9.64 Å². The molecule has 1 fully saturated rings. The number of thioether (sulfide) groups is 1. The molecule has 146 valence electrons. The maximum Gasteiger partial charge on any atom is 0.417 e. The maximum atomic E-state index is 13.1. The molecule has 1 heterocycles. The number of ether oxygens (including phenoxy) is 1. The van der Waals surface area contributed by atoms with Gasteiger partial charge in [0.05, 0.1) is 28.3 Å². The van der Waals surface area contributed by atoms with Crippen molar-refractivity contribution in [2.24, 2.45) is 0 Å². The van der Waals surface area contributed by atoms with Gasteiger partial charge in [-0.05, 0) is 60.2 Å². The zero-order valence-corrected chi connectivity index (χ0v) is 16.2. The van der Waals surface area contributed by atoms with E-state index in [2.05, 4.69) is 0 Å². The van der Waals surface area contributed by atoms with Crippen LogP contribution in [-0.2, 0) is 11.0 Å². The second kappa shape index (κ2) is 7.52. The van der Waals surface area contributed by atoms with Gasteiger partial charge in [-0.1, -0.05) is 23.7 Å². The first-order valence-electron chi connectivity index (χ1n) is 7.92. The number of allylic oxidation sites excluding steroid dienone is 1. The quantitative estimate of drug-likeness (QED) is 0.564. The van der Waals surface area contributed by atoms with Gasteiger partial charge < -0.3 is 4.74 Å². The topological polar surface area (TPSA) is 46.6 Å². The number of nitrogens with zero attached hydrogens (tertiary/aromatic N) is 1. The van der Waals surface area contributed by atoms with E-state index < -0.39 is 27.9 Å². The molecule has 0 unspecified atom stereocenters. The summed E-state index contributed by atoms with van der Waals surface area (Å²) >= 11 is 6.29. The van der Waals surface area contributed by atoms with Crippen LogP contribution in [0.5, 0.6) is 5.75 Å². The third kappa shape index (κ3) is 3.74. The third-order valence-corrected chi connectivity index (χ3v) is 5.52. The van der Waals surface area contributed by atoms with Crippen LogP contribution in [0.4, 0.5) is 23.7 Å². The Bertz CT molecular complexity index is 987. The first-order valence-corrected chi connectivity index (χ1v) is 9.11. The minimum absolute atomic E-state index is 0.152. The van der Waals surface area contributed by atoms with Gasteiger partial charge in [0.15, 0.2) is 0 Å². The molecule has 1 saturated heterocycles. The smallest absolute Gasteiger partial charge is 0.417 e. The number of imide groups is 1. The van der Waals surface area contributed by atoms with E-state index in [4.69, 9.17) is 16.3 Å². The molecule has 0 bridgehead atoms. The van der Waals surface area contributed by atoms with Crippen LogP contribution in [0.25, 0.3) is 5.57 Å². The second-order valence-corrected chi connectivity index (χ2v) is 7.22. The fourth-order valence-electron chi connectivity index (χ4n) is 2.66. The fraction of sp³-hybridized carbons (Fsp3) is 0.158. The van der Waals surface area contributed by atoms with Gasteiger partial charge in [0.1, 0.15) is 5.75 Å². The maximum absolute atomic E-state index is 13.1. The molecule has 3 rings (SSSR count). The van der Waals surface area contributed by atoms with E-state index in [9.17, 15) is 22.8 Å². The molecule has 2 amide bonds. The molecule has 0 radical (unpaired) electrons. The predicted molar refractivity (Wildman–Crippen MR) is 103 cm³/mol. The van der Waals surface area contributed by atoms with E-state index in [-0.39, 0.29) is 10.6 Å². The molecule has 0 saturated carbocycles. The Kier molecular flexibility index (Phi) is 5.45. The molecule has 1 aliphatic heterocycles. The van der Waals surface area contributed by atoms with Crippen LogP contribution >= 0.6 is 23.4 Å². The summed E-state index contributed by atoms with van der Waals surface area (Å²) in [6.45, 7) is 1.67. The minimum Gasteiger partial charge on any atom is -0.497 e. The van der Waals surface area contributed by atoms with Gasteiger partial charge >= 0.3 is 6.18 Å². The molecule has 0 aromatic heterocycles. The van der Waals surface area contributed by atoms with Crippen molar-refractivity contribution in [3.05, 3.63) is 63.5 Å². The molecule has 1 aliphatic rings. The predicted octanol–water partition coefficient (Wildman–Crippen LogP) is 6.00. The Morgan fingerprint density at radius 1 is 1.11 bits per heavy atom. The van der Waals surface area contributed by atoms with Crippen molar-refractivity contribution in [2.75, 3.05) is 12.0 Å². The zero-order valence-electron chi connectivity index (χ0n) is 14.6. The van der Waals surface area contributed by atoms with Crippen molar-refractivity contribution in [3.63, 3.8) is 0 Å². The van der Waals surface area contributed by atoms with Crippen molar-refractivity contribution in [1.29, 1.82) is 0 Å². The van der Waals surface area contributed by atoms with Crippen molar-refractivity contribution in [1.82, 2.24) is 0 Å². The van der Waals surface area contributed by atoms with Gasteiger partial charge in [0, 0.05) is 0 Å². The van der Waals surface area contributed by atoms with Crippen LogP contribution in [0.15, 0.2) is 47.4 Å². The van der Waals surface area contributed by atoms with E-state index in [1.807, 2.05) is 0 Å². The summed E-state index contributed by atoms with van der Waals surface area (Å²) < 4.78 is 44.4. The minimum atomic E-state index is -4.70. The Hall–Kier alpha value is -2.45. The van der Waals surface area contributed by atoms with Gasteiger partial charge in [-0.25, -0.2) is 4.90 Å². The third-order valence-electron chi connectivity index (χ3n) is 4.15. The summed E-state index contributed by atoms with van der Waals surface area (Å²) in [6, 6.07) is 9.79. The normalized spacial score (nSPS) is 16.6. The van der Waals surface area contributed by atoms with E-state index >= 15 is 0 Å². The number of amides is 2. The van der Waals surface area contributed by atoms with E-state index in [1.165, 1.54) is 13.2 Å². The van der Waals surface area contributed by atoms with Gasteiger partial charge in [-0.2, -0.15) is 13.2 Å². The van der Waals surface area contributed by atoms with Crippen molar-refractivity contribution in [2.45, 2.75) is 13.1 Å². The number of anilines is 1. The monoisotopic (exact) mass is 427 g/mol. The molecule has 9 heteroatoms. The summed E-state index contributed by atoms with van der Waals surface area (Å²) in [4.78, 5) is 26.0. The summed E-state index contributed by atoms with van der Waals surface area (Å²) in [5.41, 5.74) is -0.0600. The lowest BCUT2D eigenvalue weighted by Crippen LogP contribution is -2.28. The standard InChI is InChI=1S/C19H13ClF3NO3S/c1-10(11-3-6-13(27-2)7-4-11)16-17(25)24(18(26)28-16)12-5-8-15(20)14(9-12)19(21,22)23/h3-9H,1-2H3/b16-10-. The summed E-state index contributed by atoms with van der Waals surface area (Å²) in [6.07, 6.45) is -4.70. The number of hydrogen-bond acceptors (Lipinski definition) is 4. The number of benzene rings is 2. The van der Waals surface area contributed by atoms with E-state index in [0.717, 1.165) is 11.0 Å². The first kappa shape index (κ1) is 20.3. The number of alkyl halides is 3. The largest absolute Gasteiger partial charge is 0.497 e. The first-order chi connectivity index (χ1) is 13.1. The SMILES string of the molecule is COc1ccc(/C(C)=C2\SC(=O)N(c3ccc(Cl)c(C(F)(F)F)c3)C2=O)cc1. The van der Waals surface area contributed by atoms with E-state index in [0.29, 0.717) is 34.7 Å². The van der Waals surface area contributed by atoms with Crippen LogP contribution in [0.1, 0.15) is 18.1 Å². The number of carbonyl (C=O) groups is 2. The lowest BCUT2D eigenvalue weighted by atomic mass is 10.1. The lowest BCUT2D eigenvalue weighted by Gasteiger charge is -2.16. The van der Waals surface area contributed by atoms with E-state index in [1.54, 1.807) is 31.2 Å². The number of rotatable bonds is 3. The Labute approximate surface area is 167 Å². The van der Waals surface area contributed by atoms with Gasteiger partial charge in [-0.3, -0.25) is 9.59 Å². The lowest BCUT2D eigenvalue weighted by molar-refractivity contribution is -0.137. The summed E-state index contributed by atoms with van der Waals surface area (Å²) in [5.74, 6) is -0.0516. The van der Waals surface area contributed by atoms with Crippen LogP contribution in [-0.4, -0.2) is 18.3 Å². The average molecular weight is 428 g/mol. The van der Waals surface area contributed by atoms with Crippen molar-refractivity contribution < 1.29 is 27.5 Å². The Morgan fingerprint density at radius 2 is 1.75 bits per heavy atom. The van der Waals surface area contributed by atoms with Crippen molar-refractivity contribution in [3.8, 4) is 5.75 Å². The molecule has 28 heavy (non-hydrogen) atoms. The number of carbonyl (C=O) groups excluding carboxylic acids is 2. The molecular formula is C19H13ClF3NO3S. The zero-order chi connectivity index (χ0) is 20.6. The van der Waals surface area contributed by atoms with Crippen LogP contribution in [0, 0.1) is 0 Å². The highest BCUT2D eigenvalue weighted by atomic mass is 35.5. The van der Waals surface area contributed by atoms with Gasteiger partial charge in [0.2, 0.25) is 0 Å². The summed E-state index contributed by atoms with van der Waals surface area (Å²) in [7, 11) is 1.52. The van der Waals surface area contributed by atoms with Gasteiger partial charge in [-0.15, -0.1) is 0 Å². The number of methoxy groups -OCH3 is 1. The number of halogens is 4. The molecule has 0 aliphatic carbocycles. The van der Waals surface area contributed by atoms with Crippen LogP contribution in [0.2, 0.25) is 5.02 Å². The number of hydrogen-bond donors (Lipinski definition) is 0. The molecular weight excluding hydrogens is 415 g/mol. The molecule has 4 nitrogen and oxygen atoms in total. The molecule has 0 N–H and O–H groups in total. The molecule has 2 aromatic carbocycles. The summed E-state index contributed by atoms with van der Waals surface area (Å²) in [5, 5.41) is -1.18. The highest BCUT2D eigenvalue weighted by Crippen LogP contribution is 2.42. The molecule has 0 spiro atoms. The Morgan fingerprint density at radius 3 is 2.32 bits per heavy atom. The van der Waals surface area contributed by atoms with Gasteiger partial charge in [0.25, 0.3) is 11.1 Å². The van der Waals surface area contributed by atoms with Crippen molar-refractivity contribution >= 4 is 45.8 Å².